The number of thiazole rings is 1. The van der Waals surface area contributed by atoms with Gasteiger partial charge in [0.05, 0.1) is 16.1 Å². The van der Waals surface area contributed by atoms with Crippen LogP contribution in [0.1, 0.15) is 52.3 Å². The third-order valence-electron chi connectivity index (χ3n) is 5.99. The molecule has 0 radical (unpaired) electrons. The summed E-state index contributed by atoms with van der Waals surface area (Å²) in [5.74, 6) is -0.292. The highest BCUT2D eigenvalue weighted by Crippen LogP contribution is 2.38. The number of halogens is 1. The number of nitrogens with zero attached hydrogens (tertiary/aromatic N) is 2. The van der Waals surface area contributed by atoms with Gasteiger partial charge in [0.2, 0.25) is 11.8 Å². The van der Waals surface area contributed by atoms with E-state index in [1.165, 1.54) is 0 Å². The zero-order valence-corrected chi connectivity index (χ0v) is 20.7. The third-order valence-corrected chi connectivity index (χ3v) is 7.80. The number of likely N-dealkylation sites (tertiary alicyclic amines) is 1. The molecule has 2 amide bonds. The summed E-state index contributed by atoms with van der Waals surface area (Å²) in [5, 5.41) is 2.37. The first kappa shape index (κ1) is 23.7. The first-order chi connectivity index (χ1) is 14.4. The van der Waals surface area contributed by atoms with Crippen LogP contribution in [0.15, 0.2) is 29.8 Å². The molecule has 0 saturated carbocycles. The molecule has 2 heterocycles. The molecule has 3 rings (SSSR count). The largest absolute Gasteiger partial charge is 0.350 e. The maximum absolute atomic E-state index is 13.2. The van der Waals surface area contributed by atoms with Gasteiger partial charge in [-0.3, -0.25) is 9.59 Å². The number of aryl methyl sites for hydroxylation is 1. The fourth-order valence-electron chi connectivity index (χ4n) is 3.98. The normalized spacial score (nSPS) is 19.3. The van der Waals surface area contributed by atoms with Crippen LogP contribution in [0.5, 0.6) is 0 Å². The maximum Gasteiger partial charge on any atom is 0.243 e. The van der Waals surface area contributed by atoms with E-state index in [0.29, 0.717) is 13.1 Å². The number of amides is 2. The molecule has 1 N–H and O–H groups in total. The van der Waals surface area contributed by atoms with Crippen LogP contribution in [-0.2, 0) is 16.1 Å². The fourth-order valence-corrected chi connectivity index (χ4v) is 4.92. The van der Waals surface area contributed by atoms with Crippen molar-refractivity contribution in [3.05, 3.63) is 41.0 Å². The molecule has 1 aliphatic rings. The summed E-state index contributed by atoms with van der Waals surface area (Å²) in [4.78, 5) is 33.4. The molecule has 0 aliphatic carbocycles. The zero-order chi connectivity index (χ0) is 23.0. The highest BCUT2D eigenvalue weighted by Gasteiger charge is 2.49. The number of carbonyl (C=O) groups is 2. The molecule has 1 fully saturated rings. The second-order valence-electron chi connectivity index (χ2n) is 10.1. The van der Waals surface area contributed by atoms with Crippen LogP contribution in [0, 0.1) is 17.8 Å². The van der Waals surface area contributed by atoms with Crippen LogP contribution < -0.4 is 5.32 Å². The average Bonchev–Trinajstić information content (AvgIpc) is 3.27. The summed E-state index contributed by atoms with van der Waals surface area (Å²) in [6, 6.07) is 7.62. The predicted molar refractivity (Wildman–Crippen MR) is 127 cm³/mol. The lowest BCUT2D eigenvalue weighted by Crippen LogP contribution is -2.53. The van der Waals surface area contributed by atoms with Gasteiger partial charge < -0.3 is 10.2 Å². The number of benzene rings is 1. The molecule has 0 spiro atoms. The molecule has 2 aromatic rings. The molecule has 168 valence electrons. The van der Waals surface area contributed by atoms with E-state index in [4.69, 9.17) is 11.6 Å². The lowest BCUT2D eigenvalue weighted by atomic mass is 9.83. The number of alkyl halides is 1. The van der Waals surface area contributed by atoms with Crippen LogP contribution in [0.2, 0.25) is 0 Å². The second kappa shape index (κ2) is 8.91. The van der Waals surface area contributed by atoms with Crippen LogP contribution in [0.25, 0.3) is 10.4 Å². The Kier molecular flexibility index (Phi) is 6.82. The SMILES string of the molecule is Cc1ncsc1-c1ccc(CNC(=O)[C@H]2N(C(=O)[C@@H](Cl)C(C)(C)C)CCC2(C)C)cc1. The number of rotatable bonds is 5. The van der Waals surface area contributed by atoms with Crippen LogP contribution in [-0.4, -0.2) is 39.7 Å². The molecular formula is C24H32ClN3O2S. The van der Waals surface area contributed by atoms with E-state index in [2.05, 4.69) is 22.4 Å². The molecule has 7 heteroatoms. The first-order valence-electron chi connectivity index (χ1n) is 10.6. The van der Waals surface area contributed by atoms with Crippen molar-refractivity contribution in [1.82, 2.24) is 15.2 Å². The lowest BCUT2D eigenvalue weighted by molar-refractivity contribution is -0.141. The third kappa shape index (κ3) is 5.12. The van der Waals surface area contributed by atoms with Crippen LogP contribution in [0.4, 0.5) is 0 Å². The van der Waals surface area contributed by atoms with E-state index in [1.807, 2.05) is 59.2 Å². The minimum atomic E-state index is -0.667. The minimum Gasteiger partial charge on any atom is -0.350 e. The molecule has 1 saturated heterocycles. The predicted octanol–water partition coefficient (Wildman–Crippen LogP) is 5.02. The standard InChI is InChI=1S/C24H32ClN3O2S/c1-15-18(31-14-27-15)17-9-7-16(8-10-17)13-26-21(29)20-24(5,6)11-12-28(20)22(30)19(25)23(2,3)4/h7-10,14,19-20H,11-13H2,1-6H3,(H,26,29)/t19-,20-/m1/s1. The Morgan fingerprint density at radius 2 is 1.94 bits per heavy atom. The monoisotopic (exact) mass is 461 g/mol. The summed E-state index contributed by atoms with van der Waals surface area (Å²) in [7, 11) is 0. The van der Waals surface area contributed by atoms with Crippen molar-refractivity contribution in [2.24, 2.45) is 10.8 Å². The number of carbonyl (C=O) groups excluding carboxylic acids is 2. The zero-order valence-electron chi connectivity index (χ0n) is 19.2. The number of hydrogen-bond donors (Lipinski definition) is 1. The minimum absolute atomic E-state index is 0.129. The summed E-state index contributed by atoms with van der Waals surface area (Å²) in [6.07, 6.45) is 0.771. The Bertz CT molecular complexity index is 946. The lowest BCUT2D eigenvalue weighted by Gasteiger charge is -2.35. The Morgan fingerprint density at radius 1 is 1.29 bits per heavy atom. The molecule has 1 aromatic heterocycles. The molecular weight excluding hydrogens is 430 g/mol. The van der Waals surface area contributed by atoms with E-state index >= 15 is 0 Å². The highest BCUT2D eigenvalue weighted by atomic mass is 35.5. The van der Waals surface area contributed by atoms with Gasteiger partial charge in [-0.1, -0.05) is 58.9 Å². The molecule has 0 bridgehead atoms. The summed E-state index contributed by atoms with van der Waals surface area (Å²) in [5.41, 5.74) is 4.33. The van der Waals surface area contributed by atoms with Crippen molar-refractivity contribution in [1.29, 1.82) is 0 Å². The van der Waals surface area contributed by atoms with Gasteiger partial charge in [-0.05, 0) is 35.3 Å². The van der Waals surface area contributed by atoms with E-state index in [-0.39, 0.29) is 22.6 Å². The Hall–Kier alpha value is -1.92. The van der Waals surface area contributed by atoms with E-state index in [0.717, 1.165) is 28.1 Å². The molecule has 31 heavy (non-hydrogen) atoms. The van der Waals surface area contributed by atoms with Crippen molar-refractivity contribution in [3.63, 3.8) is 0 Å². The van der Waals surface area contributed by atoms with Crippen molar-refractivity contribution >= 4 is 34.8 Å². The van der Waals surface area contributed by atoms with Crippen molar-refractivity contribution in [2.75, 3.05) is 6.54 Å². The van der Waals surface area contributed by atoms with Gasteiger partial charge in [0.25, 0.3) is 0 Å². The molecule has 0 unspecified atom stereocenters. The summed E-state index contributed by atoms with van der Waals surface area (Å²) in [6.45, 7) is 12.9. The first-order valence-corrected chi connectivity index (χ1v) is 11.9. The summed E-state index contributed by atoms with van der Waals surface area (Å²) >= 11 is 8.09. The van der Waals surface area contributed by atoms with Gasteiger partial charge in [0.1, 0.15) is 11.4 Å². The Labute approximate surface area is 194 Å². The number of nitrogens with one attached hydrogen (secondary N) is 1. The average molecular weight is 462 g/mol. The van der Waals surface area contributed by atoms with Crippen molar-refractivity contribution in [3.8, 4) is 10.4 Å². The quantitative estimate of drug-likeness (QED) is 0.636. The number of hydrogen-bond acceptors (Lipinski definition) is 4. The fraction of sp³-hybridized carbons (Fsp3) is 0.542. The van der Waals surface area contributed by atoms with Gasteiger partial charge in [-0.25, -0.2) is 4.98 Å². The Balaban J connectivity index is 1.69. The molecule has 1 aliphatic heterocycles. The molecule has 5 nitrogen and oxygen atoms in total. The van der Waals surface area contributed by atoms with E-state index in [1.54, 1.807) is 16.2 Å². The maximum atomic E-state index is 13.2. The van der Waals surface area contributed by atoms with Gasteiger partial charge >= 0.3 is 0 Å². The van der Waals surface area contributed by atoms with E-state index in [9.17, 15) is 9.59 Å². The van der Waals surface area contributed by atoms with Crippen molar-refractivity contribution < 1.29 is 9.59 Å². The van der Waals surface area contributed by atoms with Gasteiger partial charge in [-0.15, -0.1) is 22.9 Å². The second-order valence-corrected chi connectivity index (χ2v) is 11.4. The van der Waals surface area contributed by atoms with Crippen LogP contribution in [0.3, 0.4) is 0 Å². The topological polar surface area (TPSA) is 62.3 Å². The van der Waals surface area contributed by atoms with Gasteiger partial charge in [0.15, 0.2) is 0 Å². The van der Waals surface area contributed by atoms with Crippen molar-refractivity contribution in [2.45, 2.75) is 65.9 Å². The van der Waals surface area contributed by atoms with E-state index < -0.39 is 11.4 Å². The van der Waals surface area contributed by atoms with Gasteiger partial charge in [0, 0.05) is 13.1 Å². The smallest absolute Gasteiger partial charge is 0.243 e. The highest BCUT2D eigenvalue weighted by molar-refractivity contribution is 7.13. The van der Waals surface area contributed by atoms with Gasteiger partial charge in [-0.2, -0.15) is 0 Å². The van der Waals surface area contributed by atoms with Crippen LogP contribution >= 0.6 is 22.9 Å². The number of aromatic nitrogens is 1. The molecule has 1 aromatic carbocycles. The Morgan fingerprint density at radius 3 is 2.48 bits per heavy atom. The summed E-state index contributed by atoms with van der Waals surface area (Å²) < 4.78 is 0. The molecule has 2 atom stereocenters.